The molecule has 0 spiro atoms. The van der Waals surface area contributed by atoms with Gasteiger partial charge >= 0.3 is 6.09 Å². The predicted molar refractivity (Wildman–Crippen MR) is 180 cm³/mol. The zero-order valence-corrected chi connectivity index (χ0v) is 28.5. The topological polar surface area (TPSA) is 136 Å². The smallest absolute Gasteiger partial charge is 0.410 e. The lowest BCUT2D eigenvalue weighted by atomic mass is 9.79. The first kappa shape index (κ1) is 33.4. The van der Waals surface area contributed by atoms with Gasteiger partial charge in [-0.2, -0.15) is 0 Å². The number of piperidine rings is 3. The number of hydrogen-bond donors (Lipinski definition) is 2. The molecular weight excluding hydrogens is 704 g/mol. The highest BCUT2D eigenvalue weighted by molar-refractivity contribution is 9.13. The van der Waals surface area contributed by atoms with Gasteiger partial charge in [0.2, 0.25) is 0 Å². The zero-order chi connectivity index (χ0) is 31.8. The summed E-state index contributed by atoms with van der Waals surface area (Å²) < 4.78 is 7.74. The number of carbonyl (C=O) groups excluding carboxylic acids is 2. The molecule has 1 atom stereocenters. The number of rotatable bonds is 7. The summed E-state index contributed by atoms with van der Waals surface area (Å²) in [7, 11) is 0. The quantitative estimate of drug-likeness (QED) is 0.324. The molecule has 0 radical (unpaired) electrons. The summed E-state index contributed by atoms with van der Waals surface area (Å²) in [6, 6.07) is 14.0. The maximum Gasteiger partial charge on any atom is 0.410 e. The Labute approximate surface area is 281 Å². The SMILES string of the molecule is N/C(=N\C([O-])=NC1CCN(C(=O)O[C@H](Cc2ccc(Br)c(Br)c2)C(=O)N2CCC(C3CCNCC3)CC2)CC1)c1ccccc1. The molecule has 0 saturated carbocycles. The van der Waals surface area contributed by atoms with Crippen molar-refractivity contribution in [1.29, 1.82) is 0 Å². The fourth-order valence-corrected chi connectivity index (χ4v) is 7.18. The molecule has 12 heteroatoms. The van der Waals surface area contributed by atoms with Crippen molar-refractivity contribution < 1.29 is 19.4 Å². The third-order valence-corrected chi connectivity index (χ3v) is 11.0. The average Bonchev–Trinajstić information content (AvgIpc) is 3.07. The third kappa shape index (κ3) is 9.29. The summed E-state index contributed by atoms with van der Waals surface area (Å²) in [5.41, 5.74) is 7.51. The maximum atomic E-state index is 13.8. The molecule has 0 bridgehead atoms. The van der Waals surface area contributed by atoms with E-state index in [2.05, 4.69) is 47.2 Å². The van der Waals surface area contributed by atoms with Crippen LogP contribution < -0.4 is 16.2 Å². The molecule has 0 unspecified atom stereocenters. The number of amides is 2. The van der Waals surface area contributed by atoms with Gasteiger partial charge in [0.25, 0.3) is 5.91 Å². The maximum absolute atomic E-state index is 13.8. The third-order valence-electron chi connectivity index (χ3n) is 9.13. The molecule has 0 aromatic heterocycles. The molecule has 3 aliphatic rings. The molecule has 2 aromatic carbocycles. The Bertz CT molecular complexity index is 1370. The molecule has 10 nitrogen and oxygen atoms in total. The summed E-state index contributed by atoms with van der Waals surface area (Å²) in [6.07, 6.45) is 4.18. The molecule has 45 heavy (non-hydrogen) atoms. The number of ether oxygens (including phenoxy) is 1. The second-order valence-electron chi connectivity index (χ2n) is 12.1. The van der Waals surface area contributed by atoms with E-state index in [0.717, 1.165) is 46.4 Å². The number of likely N-dealkylation sites (tertiary alicyclic amines) is 2. The monoisotopic (exact) mass is 743 g/mol. The summed E-state index contributed by atoms with van der Waals surface area (Å²) >= 11 is 7.04. The first-order chi connectivity index (χ1) is 21.8. The van der Waals surface area contributed by atoms with E-state index < -0.39 is 18.2 Å². The van der Waals surface area contributed by atoms with E-state index in [1.54, 1.807) is 17.0 Å². The van der Waals surface area contributed by atoms with Gasteiger partial charge in [0, 0.05) is 47.1 Å². The summed E-state index contributed by atoms with van der Waals surface area (Å²) in [4.78, 5) is 38.8. The second-order valence-corrected chi connectivity index (χ2v) is 13.8. The largest absolute Gasteiger partial charge is 0.845 e. The molecule has 0 aliphatic carbocycles. The molecule has 242 valence electrons. The van der Waals surface area contributed by atoms with E-state index in [0.29, 0.717) is 50.5 Å². The van der Waals surface area contributed by atoms with Crippen molar-refractivity contribution in [2.45, 2.75) is 57.1 Å². The van der Waals surface area contributed by atoms with E-state index in [1.807, 2.05) is 41.3 Å². The lowest BCUT2D eigenvalue weighted by molar-refractivity contribution is -0.217. The van der Waals surface area contributed by atoms with Crippen molar-refractivity contribution in [3.05, 3.63) is 68.6 Å². The Hall–Kier alpha value is -2.96. The molecule has 5 rings (SSSR count). The van der Waals surface area contributed by atoms with Gasteiger partial charge in [-0.15, -0.1) is 0 Å². The Morgan fingerprint density at radius 1 is 0.911 bits per heavy atom. The minimum atomic E-state index is -0.930. The van der Waals surface area contributed by atoms with Gasteiger partial charge in [-0.3, -0.25) is 9.79 Å². The molecule has 2 aromatic rings. The van der Waals surface area contributed by atoms with Crippen molar-refractivity contribution in [3.8, 4) is 0 Å². The number of hydrogen-bond acceptors (Lipinski definition) is 6. The number of aliphatic imine (C=N–C) groups is 2. The first-order valence-corrected chi connectivity index (χ1v) is 17.4. The number of carbonyl (C=O) groups is 2. The summed E-state index contributed by atoms with van der Waals surface area (Å²) in [6.45, 7) is 4.24. The van der Waals surface area contributed by atoms with Gasteiger partial charge in [0.15, 0.2) is 6.10 Å². The first-order valence-electron chi connectivity index (χ1n) is 15.8. The van der Waals surface area contributed by atoms with Crippen molar-refractivity contribution >= 4 is 55.7 Å². The van der Waals surface area contributed by atoms with E-state index >= 15 is 0 Å². The molecule has 3 N–H and O–H groups in total. The van der Waals surface area contributed by atoms with Crippen LogP contribution in [0.2, 0.25) is 0 Å². The highest BCUT2D eigenvalue weighted by Gasteiger charge is 2.35. The molecule has 3 heterocycles. The fourth-order valence-electron chi connectivity index (χ4n) is 6.51. The number of halogens is 2. The minimum absolute atomic E-state index is 0.120. The zero-order valence-electron chi connectivity index (χ0n) is 25.4. The van der Waals surface area contributed by atoms with Crippen LogP contribution in [0.1, 0.15) is 49.7 Å². The van der Waals surface area contributed by atoms with Crippen molar-refractivity contribution in [2.75, 3.05) is 39.3 Å². The van der Waals surface area contributed by atoms with E-state index in [-0.39, 0.29) is 24.2 Å². The lowest BCUT2D eigenvalue weighted by Gasteiger charge is -2.39. The number of amidine groups is 2. The van der Waals surface area contributed by atoms with Crippen LogP contribution >= 0.6 is 31.9 Å². The molecule has 3 fully saturated rings. The van der Waals surface area contributed by atoms with E-state index in [4.69, 9.17) is 10.5 Å². The van der Waals surface area contributed by atoms with Gasteiger partial charge in [0.1, 0.15) is 5.84 Å². The normalized spacial score (nSPS) is 20.2. The van der Waals surface area contributed by atoms with Gasteiger partial charge in [-0.05, 0) is 113 Å². The average molecular weight is 746 g/mol. The highest BCUT2D eigenvalue weighted by Crippen LogP contribution is 2.31. The van der Waals surface area contributed by atoms with Gasteiger partial charge in [0.05, 0.1) is 12.1 Å². The Kier molecular flexibility index (Phi) is 11.9. The van der Waals surface area contributed by atoms with Crippen LogP contribution in [0.25, 0.3) is 0 Å². The predicted octanol–water partition coefficient (Wildman–Crippen LogP) is 4.08. The van der Waals surface area contributed by atoms with Gasteiger partial charge in [-0.1, -0.05) is 36.4 Å². The Morgan fingerprint density at radius 2 is 1.56 bits per heavy atom. The van der Waals surface area contributed by atoms with Crippen LogP contribution in [0.5, 0.6) is 0 Å². The standard InChI is InChI=1S/C33H42Br2N6O4/c34-27-7-6-22(20-28(27)35)21-29(31(42)40-16-10-24(11-17-40)23-8-14-37-15-9-23)45-33(44)41-18-12-26(13-19-41)38-32(43)39-30(36)25-4-2-1-3-5-25/h1-7,20,23-24,26,29,37H,8-19,21H2,(H3,36,38,39,43)/p-1/t29-/m1/s1. The second kappa shape index (κ2) is 16.0. The highest BCUT2D eigenvalue weighted by atomic mass is 79.9. The minimum Gasteiger partial charge on any atom is -0.845 e. The van der Waals surface area contributed by atoms with E-state index in [1.165, 1.54) is 12.8 Å². The number of nitrogens with two attached hydrogens (primary N) is 1. The molecule has 2 amide bonds. The number of nitrogens with zero attached hydrogens (tertiary/aromatic N) is 4. The number of nitrogens with one attached hydrogen (secondary N) is 1. The van der Waals surface area contributed by atoms with Crippen molar-refractivity contribution in [2.24, 2.45) is 27.6 Å². The van der Waals surface area contributed by atoms with Crippen LogP contribution in [-0.4, -0.2) is 85.1 Å². The van der Waals surface area contributed by atoms with Crippen molar-refractivity contribution in [3.63, 3.8) is 0 Å². The van der Waals surface area contributed by atoms with Gasteiger partial charge in [-0.25, -0.2) is 9.79 Å². The fraction of sp³-hybridized carbons (Fsp3) is 0.515. The lowest BCUT2D eigenvalue weighted by Crippen LogP contribution is -2.49. The van der Waals surface area contributed by atoms with Crippen LogP contribution in [0.4, 0.5) is 4.79 Å². The molecular formula is C33H41Br2N6O4-. The van der Waals surface area contributed by atoms with Gasteiger partial charge < -0.3 is 30.7 Å². The van der Waals surface area contributed by atoms with Crippen LogP contribution in [0.15, 0.2) is 67.5 Å². The summed E-state index contributed by atoms with van der Waals surface area (Å²) in [5.74, 6) is 1.33. The Balaban J connectivity index is 1.19. The van der Waals surface area contributed by atoms with E-state index in [9.17, 15) is 14.7 Å². The summed E-state index contributed by atoms with van der Waals surface area (Å²) in [5, 5.41) is 15.9. The van der Waals surface area contributed by atoms with Crippen LogP contribution in [0.3, 0.4) is 0 Å². The molecule has 3 saturated heterocycles. The Morgan fingerprint density at radius 3 is 2.22 bits per heavy atom. The van der Waals surface area contributed by atoms with Crippen LogP contribution in [0, 0.1) is 11.8 Å². The van der Waals surface area contributed by atoms with Crippen LogP contribution in [-0.2, 0) is 16.0 Å². The number of benzene rings is 2. The molecule has 3 aliphatic heterocycles. The van der Waals surface area contributed by atoms with Crippen molar-refractivity contribution in [1.82, 2.24) is 15.1 Å².